The molecule has 5 aromatic rings. The van der Waals surface area contributed by atoms with Crippen LogP contribution in [0.1, 0.15) is 52.3 Å². The molecule has 5 heterocycles. The highest BCUT2D eigenvalue weighted by molar-refractivity contribution is 6.31. The molecule has 1 aliphatic rings. The summed E-state index contributed by atoms with van der Waals surface area (Å²) in [4.78, 5) is 26.1. The van der Waals surface area contributed by atoms with E-state index in [1.165, 1.54) is 27.7 Å². The van der Waals surface area contributed by atoms with Crippen LogP contribution < -0.4 is 5.56 Å². The SMILES string of the molecule is Cc1nc(C)n(-c2nccc(-c3ncc(C)c(-n4c(C)cc([C@H]5C[C@@H]5c5cnn(C)c5)c(Cl)c4=O)c3F)c2F)n1. The van der Waals surface area contributed by atoms with Gasteiger partial charge < -0.3 is 0 Å². The van der Waals surface area contributed by atoms with Crippen molar-refractivity contribution in [3.8, 4) is 22.8 Å². The Balaban J connectivity index is 1.45. The zero-order valence-electron chi connectivity index (χ0n) is 22.4. The second-order valence-corrected chi connectivity index (χ2v) is 10.5. The molecule has 0 saturated heterocycles. The van der Waals surface area contributed by atoms with Crippen LogP contribution in [-0.2, 0) is 7.05 Å². The molecule has 12 heteroatoms. The quantitative estimate of drug-likeness (QED) is 0.298. The number of aromatic nitrogens is 8. The topological polar surface area (TPSA) is 96.3 Å². The van der Waals surface area contributed by atoms with E-state index in [1.54, 1.807) is 32.4 Å². The fraction of sp³-hybridized carbons (Fsp3) is 0.286. The Morgan fingerprint density at radius 2 is 1.82 bits per heavy atom. The summed E-state index contributed by atoms with van der Waals surface area (Å²) in [6.45, 7) is 6.71. The smallest absolute Gasteiger partial charge is 0.274 e. The van der Waals surface area contributed by atoms with Crippen molar-refractivity contribution in [1.82, 2.24) is 39.1 Å². The third kappa shape index (κ3) is 4.12. The summed E-state index contributed by atoms with van der Waals surface area (Å²) in [5.74, 6) is -0.637. The minimum Gasteiger partial charge on any atom is -0.277 e. The molecule has 0 aromatic carbocycles. The first-order valence-electron chi connectivity index (χ1n) is 12.7. The first kappa shape index (κ1) is 26.0. The average Bonchev–Trinajstić information content (AvgIpc) is 3.46. The number of halogens is 3. The van der Waals surface area contributed by atoms with E-state index in [2.05, 4.69) is 25.1 Å². The standard InChI is InChI=1S/C28H25ClF2N8O/c1-13-10-33-25(18-6-7-32-27(23(18)30)39-16(4)35-15(3)36-39)24(31)26(13)38-14(2)8-21(22(29)28(38)40)20-9-19(20)17-11-34-37(5)12-17/h6-8,10-12,19-20H,9H2,1-5H3/t19-,20+/m1/s1. The molecule has 1 saturated carbocycles. The molecule has 5 aromatic heterocycles. The van der Waals surface area contributed by atoms with E-state index < -0.39 is 17.2 Å². The van der Waals surface area contributed by atoms with Gasteiger partial charge in [0.15, 0.2) is 17.5 Å². The van der Waals surface area contributed by atoms with Crippen LogP contribution in [0.25, 0.3) is 22.8 Å². The lowest BCUT2D eigenvalue weighted by Crippen LogP contribution is -2.24. The number of pyridine rings is 3. The fourth-order valence-electron chi connectivity index (χ4n) is 5.33. The Labute approximate surface area is 233 Å². The number of hydrogen-bond donors (Lipinski definition) is 0. The molecule has 0 aliphatic heterocycles. The van der Waals surface area contributed by atoms with Crippen molar-refractivity contribution < 1.29 is 8.78 Å². The highest BCUT2D eigenvalue weighted by atomic mass is 35.5. The minimum atomic E-state index is -0.851. The monoisotopic (exact) mass is 562 g/mol. The van der Waals surface area contributed by atoms with Gasteiger partial charge in [0.1, 0.15) is 22.4 Å². The van der Waals surface area contributed by atoms with Crippen LogP contribution in [0, 0.1) is 39.3 Å². The molecule has 204 valence electrons. The predicted octanol–water partition coefficient (Wildman–Crippen LogP) is 5.05. The molecule has 0 spiro atoms. The van der Waals surface area contributed by atoms with Crippen LogP contribution in [0.4, 0.5) is 8.78 Å². The van der Waals surface area contributed by atoms with Crippen molar-refractivity contribution in [2.45, 2.75) is 46.0 Å². The Kier molecular flexibility index (Phi) is 6.14. The molecule has 40 heavy (non-hydrogen) atoms. The number of rotatable bonds is 5. The molecular formula is C28H25ClF2N8O. The molecule has 1 aliphatic carbocycles. The van der Waals surface area contributed by atoms with E-state index in [4.69, 9.17) is 11.6 Å². The molecule has 0 N–H and O–H groups in total. The summed E-state index contributed by atoms with van der Waals surface area (Å²) in [6.07, 6.45) is 7.38. The predicted molar refractivity (Wildman–Crippen MR) is 145 cm³/mol. The molecule has 0 amide bonds. The first-order valence-corrected chi connectivity index (χ1v) is 13.1. The third-order valence-corrected chi connectivity index (χ3v) is 7.69. The van der Waals surface area contributed by atoms with Gasteiger partial charge in [-0.05, 0) is 74.8 Å². The van der Waals surface area contributed by atoms with Crippen molar-refractivity contribution in [2.24, 2.45) is 7.05 Å². The van der Waals surface area contributed by atoms with Crippen LogP contribution in [0.5, 0.6) is 0 Å². The Morgan fingerprint density at radius 1 is 1.05 bits per heavy atom. The second-order valence-electron chi connectivity index (χ2n) is 10.2. The molecule has 0 unspecified atom stereocenters. The van der Waals surface area contributed by atoms with Crippen LogP contribution in [0.15, 0.2) is 41.7 Å². The molecule has 0 bridgehead atoms. The maximum absolute atomic E-state index is 16.3. The zero-order valence-corrected chi connectivity index (χ0v) is 23.2. The fourth-order valence-corrected chi connectivity index (χ4v) is 5.61. The lowest BCUT2D eigenvalue weighted by atomic mass is 10.1. The van der Waals surface area contributed by atoms with Crippen LogP contribution >= 0.6 is 11.6 Å². The molecule has 2 atom stereocenters. The van der Waals surface area contributed by atoms with E-state index in [0.29, 0.717) is 22.9 Å². The largest absolute Gasteiger partial charge is 0.277 e. The van der Waals surface area contributed by atoms with Crippen molar-refractivity contribution in [3.05, 3.63) is 98.0 Å². The Hall–Kier alpha value is -4.25. The number of hydrogen-bond acceptors (Lipinski definition) is 6. The van der Waals surface area contributed by atoms with E-state index in [1.807, 2.05) is 25.5 Å². The van der Waals surface area contributed by atoms with E-state index in [9.17, 15) is 4.79 Å². The van der Waals surface area contributed by atoms with Gasteiger partial charge in [-0.15, -0.1) is 5.10 Å². The van der Waals surface area contributed by atoms with Gasteiger partial charge in [0, 0.05) is 36.9 Å². The second kappa shape index (κ2) is 9.44. The summed E-state index contributed by atoms with van der Waals surface area (Å²) >= 11 is 6.63. The van der Waals surface area contributed by atoms with Crippen molar-refractivity contribution in [1.29, 1.82) is 0 Å². The molecule has 0 radical (unpaired) electrons. The lowest BCUT2D eigenvalue weighted by Gasteiger charge is -2.18. The zero-order chi connectivity index (χ0) is 28.5. The number of nitrogens with zero attached hydrogens (tertiary/aromatic N) is 8. The molecular weight excluding hydrogens is 538 g/mol. The van der Waals surface area contributed by atoms with Gasteiger partial charge in [0.25, 0.3) is 5.56 Å². The van der Waals surface area contributed by atoms with Crippen LogP contribution in [0.2, 0.25) is 5.02 Å². The van der Waals surface area contributed by atoms with E-state index >= 15 is 8.78 Å². The van der Waals surface area contributed by atoms with E-state index in [-0.39, 0.29) is 39.6 Å². The first-order chi connectivity index (χ1) is 19.1. The maximum Gasteiger partial charge on any atom is 0.274 e. The Bertz CT molecular complexity index is 1880. The van der Waals surface area contributed by atoms with E-state index in [0.717, 1.165) is 17.5 Å². The normalized spacial score (nSPS) is 16.5. The Morgan fingerprint density at radius 3 is 2.50 bits per heavy atom. The van der Waals surface area contributed by atoms with Gasteiger partial charge in [-0.1, -0.05) is 11.6 Å². The average molecular weight is 563 g/mol. The summed E-state index contributed by atoms with van der Waals surface area (Å²) in [5, 5.41) is 8.46. The van der Waals surface area contributed by atoms with Gasteiger partial charge in [-0.2, -0.15) is 9.78 Å². The van der Waals surface area contributed by atoms with Crippen molar-refractivity contribution in [3.63, 3.8) is 0 Å². The molecule has 1 fully saturated rings. The van der Waals surface area contributed by atoms with Gasteiger partial charge in [0.05, 0.1) is 11.9 Å². The maximum atomic E-state index is 16.3. The highest BCUT2D eigenvalue weighted by Crippen LogP contribution is 2.55. The van der Waals surface area contributed by atoms with Crippen molar-refractivity contribution >= 4 is 11.6 Å². The minimum absolute atomic E-state index is 0.0357. The molecule has 9 nitrogen and oxygen atoms in total. The summed E-state index contributed by atoms with van der Waals surface area (Å²) in [6, 6.07) is 3.16. The highest BCUT2D eigenvalue weighted by Gasteiger charge is 2.42. The van der Waals surface area contributed by atoms with Crippen LogP contribution in [0.3, 0.4) is 0 Å². The summed E-state index contributed by atoms with van der Waals surface area (Å²) < 4.78 is 36.2. The van der Waals surface area contributed by atoms with Gasteiger partial charge >= 0.3 is 0 Å². The van der Waals surface area contributed by atoms with Crippen LogP contribution in [-0.4, -0.2) is 39.1 Å². The third-order valence-electron chi connectivity index (χ3n) is 7.31. The van der Waals surface area contributed by atoms with Gasteiger partial charge in [0.2, 0.25) is 0 Å². The van der Waals surface area contributed by atoms with Gasteiger partial charge in [-0.3, -0.25) is 19.0 Å². The number of aryl methyl sites for hydroxylation is 5. The molecule has 6 rings (SSSR count). The summed E-state index contributed by atoms with van der Waals surface area (Å²) in [5.41, 5.74) is 1.75. The summed E-state index contributed by atoms with van der Waals surface area (Å²) in [7, 11) is 1.86. The lowest BCUT2D eigenvalue weighted by molar-refractivity contribution is 0.588. The van der Waals surface area contributed by atoms with Gasteiger partial charge in [-0.25, -0.2) is 18.7 Å². The van der Waals surface area contributed by atoms with Crippen molar-refractivity contribution in [2.75, 3.05) is 0 Å².